The zero-order chi connectivity index (χ0) is 13.8. The molecule has 5 heteroatoms. The normalized spacial score (nSPS) is 12.4. The Morgan fingerprint density at radius 1 is 1.47 bits per heavy atom. The summed E-state index contributed by atoms with van der Waals surface area (Å²) in [5.74, 6) is 0.501. The van der Waals surface area contributed by atoms with Gasteiger partial charge in [0.1, 0.15) is 5.76 Å². The highest BCUT2D eigenvalue weighted by Crippen LogP contribution is 2.28. The van der Waals surface area contributed by atoms with E-state index >= 15 is 0 Å². The Labute approximate surface area is 116 Å². The number of rotatable bonds is 5. The molecule has 2 aromatic rings. The van der Waals surface area contributed by atoms with Crippen LogP contribution in [0.4, 0.5) is 0 Å². The maximum absolute atomic E-state index is 11.4. The van der Waals surface area contributed by atoms with Crippen molar-refractivity contribution >= 4 is 17.3 Å². The number of hydrogen-bond donors (Lipinski definition) is 1. The monoisotopic (exact) mass is 279 g/mol. The second-order valence-corrected chi connectivity index (χ2v) is 4.94. The quantitative estimate of drug-likeness (QED) is 0.854. The van der Waals surface area contributed by atoms with E-state index in [4.69, 9.17) is 4.42 Å². The fourth-order valence-corrected chi connectivity index (χ4v) is 2.83. The first-order valence-corrected chi connectivity index (χ1v) is 7.05. The Balaban J connectivity index is 2.32. The molecule has 0 radical (unpaired) electrons. The van der Waals surface area contributed by atoms with Gasteiger partial charge in [-0.2, -0.15) is 11.3 Å². The van der Waals surface area contributed by atoms with Gasteiger partial charge < -0.3 is 14.5 Å². The molecule has 0 saturated carbocycles. The Morgan fingerprint density at radius 3 is 2.84 bits per heavy atom. The van der Waals surface area contributed by atoms with Gasteiger partial charge >= 0.3 is 5.97 Å². The van der Waals surface area contributed by atoms with Crippen molar-refractivity contribution in [2.75, 3.05) is 13.7 Å². The second kappa shape index (κ2) is 6.04. The molecule has 0 saturated heterocycles. The molecule has 0 fully saturated rings. The first-order chi connectivity index (χ1) is 9.17. The van der Waals surface area contributed by atoms with Crippen LogP contribution in [0.5, 0.6) is 0 Å². The molecule has 0 aliphatic heterocycles. The van der Waals surface area contributed by atoms with Crippen molar-refractivity contribution in [2.24, 2.45) is 0 Å². The van der Waals surface area contributed by atoms with Gasteiger partial charge in [0.15, 0.2) is 0 Å². The summed E-state index contributed by atoms with van der Waals surface area (Å²) in [4.78, 5) is 11.4. The van der Waals surface area contributed by atoms with Gasteiger partial charge in [0, 0.05) is 0 Å². The van der Waals surface area contributed by atoms with Gasteiger partial charge in [-0.15, -0.1) is 0 Å². The van der Waals surface area contributed by atoms with Crippen LogP contribution in [0, 0.1) is 6.92 Å². The number of methoxy groups -OCH3 is 1. The van der Waals surface area contributed by atoms with E-state index in [-0.39, 0.29) is 11.8 Å². The van der Waals surface area contributed by atoms with E-state index in [0.29, 0.717) is 0 Å². The number of thiophene rings is 1. The number of nitrogens with one attached hydrogen (secondary N) is 1. The average molecular weight is 279 g/mol. The van der Waals surface area contributed by atoms with Crippen molar-refractivity contribution < 1.29 is 13.9 Å². The van der Waals surface area contributed by atoms with Crippen molar-refractivity contribution in [3.05, 3.63) is 45.5 Å². The van der Waals surface area contributed by atoms with E-state index in [2.05, 4.69) is 27.7 Å². The summed E-state index contributed by atoms with van der Waals surface area (Å²) in [7, 11) is 1.34. The molecule has 0 amide bonds. The van der Waals surface area contributed by atoms with Crippen molar-refractivity contribution in [3.63, 3.8) is 0 Å². The molecule has 2 rings (SSSR count). The standard InChI is InChI=1S/C14H17NO3S/c1-4-15-13(10-8-19-7-9(10)2)11-5-6-12(18-11)14(16)17-3/h5-8,13,15H,4H2,1-3H3. The van der Waals surface area contributed by atoms with Crippen LogP contribution in [-0.4, -0.2) is 19.6 Å². The fraction of sp³-hybridized carbons (Fsp3) is 0.357. The summed E-state index contributed by atoms with van der Waals surface area (Å²) in [6, 6.07) is 3.43. The number of furan rings is 1. The summed E-state index contributed by atoms with van der Waals surface area (Å²) in [6.45, 7) is 4.92. The number of ether oxygens (including phenoxy) is 1. The average Bonchev–Trinajstić information content (AvgIpc) is 3.04. The number of hydrogen-bond acceptors (Lipinski definition) is 5. The van der Waals surface area contributed by atoms with Crippen molar-refractivity contribution in [1.82, 2.24) is 5.32 Å². The van der Waals surface area contributed by atoms with Gasteiger partial charge in [0.2, 0.25) is 5.76 Å². The third kappa shape index (κ3) is 2.88. The molecule has 0 aromatic carbocycles. The molecule has 1 atom stereocenters. The third-order valence-corrected chi connectivity index (χ3v) is 3.79. The van der Waals surface area contributed by atoms with Gasteiger partial charge in [-0.05, 0) is 47.5 Å². The summed E-state index contributed by atoms with van der Waals surface area (Å²) >= 11 is 1.66. The van der Waals surface area contributed by atoms with Crippen LogP contribution >= 0.6 is 11.3 Å². The largest absolute Gasteiger partial charge is 0.463 e. The molecule has 19 heavy (non-hydrogen) atoms. The predicted molar refractivity (Wildman–Crippen MR) is 74.6 cm³/mol. The zero-order valence-electron chi connectivity index (χ0n) is 11.2. The number of carbonyl (C=O) groups is 1. The van der Waals surface area contributed by atoms with Crippen LogP contribution in [0.25, 0.3) is 0 Å². The van der Waals surface area contributed by atoms with Crippen molar-refractivity contribution in [2.45, 2.75) is 19.9 Å². The van der Waals surface area contributed by atoms with Crippen LogP contribution in [0.15, 0.2) is 27.3 Å². The molecule has 0 aliphatic carbocycles. The number of aryl methyl sites for hydroxylation is 1. The highest BCUT2D eigenvalue weighted by atomic mass is 32.1. The Hall–Kier alpha value is -1.59. The minimum Gasteiger partial charge on any atom is -0.463 e. The van der Waals surface area contributed by atoms with Crippen LogP contribution < -0.4 is 5.32 Å². The van der Waals surface area contributed by atoms with Gasteiger partial charge in [0.05, 0.1) is 13.2 Å². The Bertz CT molecular complexity index is 559. The predicted octanol–water partition coefficient (Wildman–Crippen LogP) is 3.14. The SMILES string of the molecule is CCNC(c1ccc(C(=O)OC)o1)c1cscc1C. The van der Waals surface area contributed by atoms with Gasteiger partial charge in [-0.25, -0.2) is 4.79 Å². The summed E-state index contributed by atoms with van der Waals surface area (Å²) in [6.07, 6.45) is 0. The summed E-state index contributed by atoms with van der Waals surface area (Å²) < 4.78 is 10.3. The third-order valence-electron chi connectivity index (χ3n) is 2.91. The lowest BCUT2D eigenvalue weighted by molar-refractivity contribution is 0.0562. The molecule has 4 nitrogen and oxygen atoms in total. The van der Waals surface area contributed by atoms with E-state index in [1.54, 1.807) is 17.4 Å². The fourth-order valence-electron chi connectivity index (χ4n) is 1.95. The van der Waals surface area contributed by atoms with Crippen LogP contribution in [0.3, 0.4) is 0 Å². The van der Waals surface area contributed by atoms with Crippen molar-refractivity contribution in [3.8, 4) is 0 Å². The minimum atomic E-state index is -0.455. The van der Waals surface area contributed by atoms with Crippen LogP contribution in [0.2, 0.25) is 0 Å². The van der Waals surface area contributed by atoms with E-state index in [1.165, 1.54) is 18.2 Å². The van der Waals surface area contributed by atoms with Crippen LogP contribution in [-0.2, 0) is 4.74 Å². The van der Waals surface area contributed by atoms with Gasteiger partial charge in [-0.3, -0.25) is 0 Å². The van der Waals surface area contributed by atoms with Crippen molar-refractivity contribution in [1.29, 1.82) is 0 Å². The van der Waals surface area contributed by atoms with E-state index in [0.717, 1.165) is 12.3 Å². The minimum absolute atomic E-state index is 0.0327. The summed E-state index contributed by atoms with van der Waals surface area (Å²) in [5, 5.41) is 7.57. The molecule has 0 spiro atoms. The Morgan fingerprint density at radius 2 is 2.26 bits per heavy atom. The second-order valence-electron chi connectivity index (χ2n) is 4.19. The first kappa shape index (κ1) is 13.8. The topological polar surface area (TPSA) is 51.5 Å². The molecule has 2 heterocycles. The summed E-state index contributed by atoms with van der Waals surface area (Å²) in [5.41, 5.74) is 2.39. The zero-order valence-corrected chi connectivity index (χ0v) is 12.0. The highest BCUT2D eigenvalue weighted by molar-refractivity contribution is 7.08. The lowest BCUT2D eigenvalue weighted by Gasteiger charge is -2.15. The molecular formula is C14H17NO3S. The van der Waals surface area contributed by atoms with Gasteiger partial charge in [0.25, 0.3) is 0 Å². The van der Waals surface area contributed by atoms with Gasteiger partial charge in [-0.1, -0.05) is 6.92 Å². The maximum atomic E-state index is 11.4. The molecule has 1 unspecified atom stereocenters. The number of esters is 1. The molecular weight excluding hydrogens is 262 g/mol. The lowest BCUT2D eigenvalue weighted by Crippen LogP contribution is -2.21. The van der Waals surface area contributed by atoms with E-state index in [1.807, 2.05) is 13.0 Å². The maximum Gasteiger partial charge on any atom is 0.373 e. The van der Waals surface area contributed by atoms with E-state index in [9.17, 15) is 4.79 Å². The Kier molecular flexibility index (Phi) is 4.39. The molecule has 2 aromatic heterocycles. The number of carbonyl (C=O) groups excluding carboxylic acids is 1. The lowest BCUT2D eigenvalue weighted by atomic mass is 10.0. The first-order valence-electron chi connectivity index (χ1n) is 6.11. The molecule has 0 bridgehead atoms. The van der Waals surface area contributed by atoms with Crippen LogP contribution in [0.1, 0.15) is 40.4 Å². The van der Waals surface area contributed by atoms with E-state index < -0.39 is 5.97 Å². The smallest absolute Gasteiger partial charge is 0.373 e. The highest BCUT2D eigenvalue weighted by Gasteiger charge is 2.21. The molecule has 102 valence electrons. The molecule has 1 N–H and O–H groups in total. The molecule has 0 aliphatic rings.